The summed E-state index contributed by atoms with van der Waals surface area (Å²) in [7, 11) is 0. The first-order chi connectivity index (χ1) is 15.1. The summed E-state index contributed by atoms with van der Waals surface area (Å²) in [6.45, 7) is 5.79. The van der Waals surface area contributed by atoms with Crippen molar-refractivity contribution in [2.75, 3.05) is 32.7 Å². The van der Waals surface area contributed by atoms with Gasteiger partial charge in [-0.15, -0.1) is 0 Å². The fourth-order valence-electron chi connectivity index (χ4n) is 4.09. The summed E-state index contributed by atoms with van der Waals surface area (Å²) in [5.74, 6) is 0.697. The molecule has 6 nitrogen and oxygen atoms in total. The zero-order chi connectivity index (χ0) is 22.6. The maximum atomic E-state index is 12.7. The smallest absolute Gasteiger partial charge is 0.222 e. The van der Waals surface area contributed by atoms with Crippen LogP contribution in [-0.2, 0) is 14.4 Å². The predicted molar refractivity (Wildman–Crippen MR) is 127 cm³/mol. The van der Waals surface area contributed by atoms with Crippen LogP contribution < -0.4 is 10.6 Å². The number of amides is 2. The number of carbonyl (C=O) groups excluding carboxylic acids is 3. The lowest BCUT2D eigenvalue weighted by Gasteiger charge is -2.23. The van der Waals surface area contributed by atoms with Crippen LogP contribution in [0.1, 0.15) is 110 Å². The minimum absolute atomic E-state index is 0.00461. The van der Waals surface area contributed by atoms with Gasteiger partial charge in [0.15, 0.2) is 0 Å². The van der Waals surface area contributed by atoms with E-state index in [9.17, 15) is 14.4 Å². The third kappa shape index (κ3) is 16.9. The molecule has 6 heteroatoms. The molecule has 0 aliphatic carbocycles. The summed E-state index contributed by atoms with van der Waals surface area (Å²) in [4.78, 5) is 37.7. The lowest BCUT2D eigenvalue weighted by Crippen LogP contribution is -2.34. The number of Topliss-reactive ketones (excluding diaryl/α,β-unsaturated/α-hetero) is 1. The first-order valence-corrected chi connectivity index (χ1v) is 12.8. The topological polar surface area (TPSA) is 78.5 Å². The van der Waals surface area contributed by atoms with E-state index in [2.05, 4.69) is 10.6 Å². The zero-order valence-electron chi connectivity index (χ0n) is 20.0. The van der Waals surface area contributed by atoms with E-state index in [4.69, 9.17) is 0 Å². The van der Waals surface area contributed by atoms with Crippen LogP contribution in [0.5, 0.6) is 0 Å². The standard InChI is InChI=1S/C25H47N3O3/c1-23(29)27-20-12-13-21-28-22-14-19-26-18-11-7-3-5-9-16-24(30)15-8-4-2-6-10-17-25(28)31/h26H,2-22H2,1H3,(H,27,29). The van der Waals surface area contributed by atoms with Gasteiger partial charge < -0.3 is 15.5 Å². The van der Waals surface area contributed by atoms with Crippen LogP contribution in [0.25, 0.3) is 0 Å². The van der Waals surface area contributed by atoms with Crippen molar-refractivity contribution in [3.63, 3.8) is 0 Å². The molecule has 2 amide bonds. The number of ketones is 1. The van der Waals surface area contributed by atoms with E-state index < -0.39 is 0 Å². The number of rotatable bonds is 5. The van der Waals surface area contributed by atoms with Gasteiger partial charge in [-0.25, -0.2) is 0 Å². The zero-order valence-corrected chi connectivity index (χ0v) is 20.0. The maximum Gasteiger partial charge on any atom is 0.222 e. The van der Waals surface area contributed by atoms with Gasteiger partial charge in [0.05, 0.1) is 0 Å². The average molecular weight is 438 g/mol. The van der Waals surface area contributed by atoms with Gasteiger partial charge >= 0.3 is 0 Å². The van der Waals surface area contributed by atoms with Gasteiger partial charge in [0.1, 0.15) is 5.78 Å². The molecule has 1 aliphatic rings. The van der Waals surface area contributed by atoms with Gasteiger partial charge in [-0.1, -0.05) is 38.5 Å². The Labute approximate surface area is 190 Å². The third-order valence-electron chi connectivity index (χ3n) is 6.02. The van der Waals surface area contributed by atoms with Crippen LogP contribution >= 0.6 is 0 Å². The van der Waals surface area contributed by atoms with Crippen molar-refractivity contribution in [2.45, 2.75) is 110 Å². The van der Waals surface area contributed by atoms with Crippen molar-refractivity contribution >= 4 is 17.6 Å². The van der Waals surface area contributed by atoms with Gasteiger partial charge in [0, 0.05) is 45.8 Å². The second-order valence-corrected chi connectivity index (χ2v) is 9.00. The number of nitrogens with one attached hydrogen (secondary N) is 2. The Hall–Kier alpha value is -1.43. The minimum Gasteiger partial charge on any atom is -0.356 e. The molecule has 1 saturated heterocycles. The summed E-state index contributed by atoms with van der Waals surface area (Å²) < 4.78 is 0. The van der Waals surface area contributed by atoms with Crippen LogP contribution in [0.15, 0.2) is 0 Å². The Kier molecular flexibility index (Phi) is 17.2. The summed E-state index contributed by atoms with van der Waals surface area (Å²) in [6.07, 6.45) is 16.0. The van der Waals surface area contributed by atoms with E-state index in [-0.39, 0.29) is 11.8 Å². The lowest BCUT2D eigenvalue weighted by atomic mass is 10.0. The molecule has 0 spiro atoms. The molecule has 0 unspecified atom stereocenters. The quantitative estimate of drug-likeness (QED) is 0.626. The van der Waals surface area contributed by atoms with Gasteiger partial charge in [0.2, 0.25) is 11.8 Å². The Bertz CT molecular complexity index is 496. The monoisotopic (exact) mass is 437 g/mol. The highest BCUT2D eigenvalue weighted by Gasteiger charge is 2.12. The van der Waals surface area contributed by atoms with E-state index in [0.717, 1.165) is 96.8 Å². The van der Waals surface area contributed by atoms with Crippen molar-refractivity contribution in [2.24, 2.45) is 0 Å². The van der Waals surface area contributed by atoms with E-state index >= 15 is 0 Å². The van der Waals surface area contributed by atoms with Gasteiger partial charge in [-0.2, -0.15) is 0 Å². The second kappa shape index (κ2) is 19.3. The van der Waals surface area contributed by atoms with Crippen LogP contribution in [0.3, 0.4) is 0 Å². The summed E-state index contributed by atoms with van der Waals surface area (Å²) in [5, 5.41) is 6.33. The Balaban J connectivity index is 2.39. The van der Waals surface area contributed by atoms with E-state index in [0.29, 0.717) is 18.7 Å². The lowest BCUT2D eigenvalue weighted by molar-refractivity contribution is -0.131. The summed E-state index contributed by atoms with van der Waals surface area (Å²) >= 11 is 0. The largest absolute Gasteiger partial charge is 0.356 e. The molecule has 180 valence electrons. The predicted octanol–water partition coefficient (Wildman–Crippen LogP) is 4.37. The first-order valence-electron chi connectivity index (χ1n) is 12.8. The summed E-state index contributed by atoms with van der Waals surface area (Å²) in [5.41, 5.74) is 0. The van der Waals surface area contributed by atoms with Gasteiger partial charge in [-0.05, 0) is 58.0 Å². The molecule has 2 N–H and O–H groups in total. The Morgan fingerprint density at radius 2 is 1.39 bits per heavy atom. The molecule has 0 aromatic rings. The highest BCUT2D eigenvalue weighted by molar-refractivity contribution is 5.78. The highest BCUT2D eigenvalue weighted by atomic mass is 16.2. The fraction of sp³-hybridized carbons (Fsp3) is 0.880. The Morgan fingerprint density at radius 3 is 2.06 bits per heavy atom. The van der Waals surface area contributed by atoms with Gasteiger partial charge in [0.25, 0.3) is 0 Å². The molecule has 1 rings (SSSR count). The highest BCUT2D eigenvalue weighted by Crippen LogP contribution is 2.12. The molecule has 0 atom stereocenters. The van der Waals surface area contributed by atoms with E-state index in [1.807, 2.05) is 4.90 Å². The fourth-order valence-corrected chi connectivity index (χ4v) is 4.09. The number of hydrogen-bond acceptors (Lipinski definition) is 4. The van der Waals surface area contributed by atoms with Crippen molar-refractivity contribution in [1.82, 2.24) is 15.5 Å². The Morgan fingerprint density at radius 1 is 0.806 bits per heavy atom. The molecule has 0 aromatic carbocycles. The maximum absolute atomic E-state index is 12.7. The van der Waals surface area contributed by atoms with E-state index in [1.165, 1.54) is 32.6 Å². The molecule has 0 aromatic heterocycles. The van der Waals surface area contributed by atoms with Crippen LogP contribution in [-0.4, -0.2) is 55.2 Å². The van der Waals surface area contributed by atoms with Crippen LogP contribution in [0, 0.1) is 0 Å². The van der Waals surface area contributed by atoms with Crippen molar-refractivity contribution in [3.8, 4) is 0 Å². The third-order valence-corrected chi connectivity index (χ3v) is 6.02. The first kappa shape index (κ1) is 27.6. The van der Waals surface area contributed by atoms with Gasteiger partial charge in [-0.3, -0.25) is 14.4 Å². The van der Waals surface area contributed by atoms with Crippen molar-refractivity contribution in [1.29, 1.82) is 0 Å². The van der Waals surface area contributed by atoms with Crippen molar-refractivity contribution in [3.05, 3.63) is 0 Å². The normalized spacial score (nSPS) is 20.1. The molecule has 1 fully saturated rings. The second-order valence-electron chi connectivity index (χ2n) is 9.00. The molecule has 1 aliphatic heterocycles. The SMILES string of the molecule is CC(=O)NCCCCN1CCCNCCCCCCCC(=O)CCCCCCCC1=O. The molecule has 1 heterocycles. The molecule has 0 saturated carbocycles. The molecular formula is C25H47N3O3. The summed E-state index contributed by atoms with van der Waals surface area (Å²) in [6, 6.07) is 0. The minimum atomic E-state index is 0.00461. The molecule has 0 radical (unpaired) electrons. The molecule has 31 heavy (non-hydrogen) atoms. The number of hydrogen-bond donors (Lipinski definition) is 2. The average Bonchev–Trinajstić information content (AvgIpc) is 2.74. The van der Waals surface area contributed by atoms with Crippen LogP contribution in [0.4, 0.5) is 0 Å². The molecule has 0 bridgehead atoms. The van der Waals surface area contributed by atoms with E-state index in [1.54, 1.807) is 0 Å². The van der Waals surface area contributed by atoms with Crippen molar-refractivity contribution < 1.29 is 14.4 Å². The molecular weight excluding hydrogens is 390 g/mol. The number of nitrogens with zero attached hydrogens (tertiary/aromatic N) is 1. The number of unbranched alkanes of at least 4 members (excludes halogenated alkanes) is 1. The van der Waals surface area contributed by atoms with Crippen LogP contribution in [0.2, 0.25) is 0 Å². The number of carbonyl (C=O) groups is 3.